The molecule has 0 aromatic heterocycles. The lowest BCUT2D eigenvalue weighted by Crippen LogP contribution is -2.35. The molecule has 0 spiro atoms. The molecule has 0 aliphatic heterocycles. The van der Waals surface area contributed by atoms with Crippen molar-refractivity contribution in [2.24, 2.45) is 0 Å². The molecule has 6 heteroatoms. The van der Waals surface area contributed by atoms with E-state index in [1.807, 2.05) is 30.3 Å². The number of nitrogens with one attached hydrogen (secondary N) is 1. The third-order valence-electron chi connectivity index (χ3n) is 2.85. The first kappa shape index (κ1) is 14.2. The normalized spacial score (nSPS) is 10.2. The number of carbonyl (C=O) groups is 1. The second-order valence-electron chi connectivity index (χ2n) is 4.25. The predicted molar refractivity (Wildman–Crippen MR) is 73.8 cm³/mol. The van der Waals surface area contributed by atoms with E-state index in [0.29, 0.717) is 0 Å². The van der Waals surface area contributed by atoms with Crippen molar-refractivity contribution >= 4 is 18.5 Å². The highest BCUT2D eigenvalue weighted by atomic mass is 19.1. The van der Waals surface area contributed by atoms with Crippen molar-refractivity contribution in [1.82, 2.24) is 5.32 Å². The van der Waals surface area contributed by atoms with E-state index in [2.05, 4.69) is 5.32 Å². The number of amides is 1. The summed E-state index contributed by atoms with van der Waals surface area (Å²) >= 11 is 0. The largest absolute Gasteiger partial charge is 0.491 e. The molecule has 20 heavy (non-hydrogen) atoms. The van der Waals surface area contributed by atoms with Crippen molar-refractivity contribution in [1.29, 1.82) is 0 Å². The number of hydrogen-bond donors (Lipinski definition) is 3. The van der Waals surface area contributed by atoms with E-state index in [1.165, 1.54) is 18.2 Å². The standard InChI is InChI=1S/C14H13BFNO3/c16-13-11(7-4-8-12(13)15(19)20)14(18)17-9-10-5-2-1-3-6-10/h1-8,19-20H,9H2,(H,17,18). The van der Waals surface area contributed by atoms with Crippen molar-refractivity contribution in [2.45, 2.75) is 6.54 Å². The maximum Gasteiger partial charge on any atom is 0.491 e. The van der Waals surface area contributed by atoms with Gasteiger partial charge in [0.05, 0.1) is 5.56 Å². The van der Waals surface area contributed by atoms with E-state index in [9.17, 15) is 9.18 Å². The van der Waals surface area contributed by atoms with E-state index < -0.39 is 18.8 Å². The van der Waals surface area contributed by atoms with E-state index in [0.717, 1.165) is 5.56 Å². The van der Waals surface area contributed by atoms with Crippen LogP contribution in [-0.4, -0.2) is 23.1 Å². The number of hydrogen-bond acceptors (Lipinski definition) is 3. The fourth-order valence-corrected chi connectivity index (χ4v) is 1.80. The van der Waals surface area contributed by atoms with Crippen LogP contribution in [-0.2, 0) is 6.54 Å². The molecule has 3 N–H and O–H groups in total. The maximum atomic E-state index is 13.9. The Morgan fingerprint density at radius 2 is 1.80 bits per heavy atom. The quantitative estimate of drug-likeness (QED) is 0.708. The van der Waals surface area contributed by atoms with Crippen molar-refractivity contribution in [2.75, 3.05) is 0 Å². The lowest BCUT2D eigenvalue weighted by Gasteiger charge is -2.09. The lowest BCUT2D eigenvalue weighted by atomic mass is 9.79. The topological polar surface area (TPSA) is 69.6 Å². The van der Waals surface area contributed by atoms with Gasteiger partial charge >= 0.3 is 7.12 Å². The summed E-state index contributed by atoms with van der Waals surface area (Å²) in [5.74, 6) is -1.53. The summed E-state index contributed by atoms with van der Waals surface area (Å²) in [6, 6.07) is 13.1. The molecule has 2 rings (SSSR count). The molecule has 0 fully saturated rings. The molecule has 1 amide bonds. The van der Waals surface area contributed by atoms with Crippen LogP contribution >= 0.6 is 0 Å². The van der Waals surface area contributed by atoms with Gasteiger partial charge in [0.1, 0.15) is 5.82 Å². The SMILES string of the molecule is O=C(NCc1ccccc1)c1cccc(B(O)O)c1F. The zero-order valence-electron chi connectivity index (χ0n) is 10.6. The number of halogens is 1. The van der Waals surface area contributed by atoms with Gasteiger partial charge < -0.3 is 15.4 Å². The minimum Gasteiger partial charge on any atom is -0.423 e. The van der Waals surface area contributed by atoms with Crippen LogP contribution < -0.4 is 10.8 Å². The molecule has 0 aliphatic carbocycles. The van der Waals surface area contributed by atoms with Gasteiger partial charge in [-0.25, -0.2) is 4.39 Å². The van der Waals surface area contributed by atoms with Gasteiger partial charge in [-0.2, -0.15) is 0 Å². The summed E-state index contributed by atoms with van der Waals surface area (Å²) in [5.41, 5.74) is 0.350. The molecule has 0 saturated carbocycles. The van der Waals surface area contributed by atoms with Gasteiger partial charge in [0.25, 0.3) is 5.91 Å². The minimum absolute atomic E-state index is 0.216. The van der Waals surface area contributed by atoms with Crippen LogP contribution in [0.15, 0.2) is 48.5 Å². The average Bonchev–Trinajstić information content (AvgIpc) is 2.46. The highest BCUT2D eigenvalue weighted by molar-refractivity contribution is 6.58. The molecule has 0 atom stereocenters. The Kier molecular flexibility index (Phi) is 4.50. The van der Waals surface area contributed by atoms with Gasteiger partial charge in [-0.05, 0) is 11.6 Å². The Morgan fingerprint density at radius 3 is 2.45 bits per heavy atom. The van der Waals surface area contributed by atoms with Gasteiger partial charge in [0.2, 0.25) is 0 Å². The molecule has 2 aromatic rings. The summed E-state index contributed by atoms with van der Waals surface area (Å²) in [7, 11) is -1.95. The van der Waals surface area contributed by atoms with Gasteiger partial charge in [-0.1, -0.05) is 42.5 Å². The fraction of sp³-hybridized carbons (Fsp3) is 0.0714. The highest BCUT2D eigenvalue weighted by Gasteiger charge is 2.21. The van der Waals surface area contributed by atoms with E-state index in [-0.39, 0.29) is 17.6 Å². The minimum atomic E-state index is -1.95. The average molecular weight is 273 g/mol. The molecule has 0 radical (unpaired) electrons. The molecular weight excluding hydrogens is 260 g/mol. The third kappa shape index (κ3) is 3.23. The predicted octanol–water partition coefficient (Wildman–Crippen LogP) is 0.436. The summed E-state index contributed by atoms with van der Waals surface area (Å²) in [5, 5.41) is 20.6. The smallest absolute Gasteiger partial charge is 0.423 e. The van der Waals surface area contributed by atoms with Gasteiger partial charge in [0.15, 0.2) is 0 Å². The Morgan fingerprint density at radius 1 is 1.10 bits per heavy atom. The fourth-order valence-electron chi connectivity index (χ4n) is 1.80. The van der Waals surface area contributed by atoms with Gasteiger partial charge in [-0.15, -0.1) is 0 Å². The monoisotopic (exact) mass is 273 g/mol. The van der Waals surface area contributed by atoms with Crippen LogP contribution in [0, 0.1) is 5.82 Å². The summed E-state index contributed by atoms with van der Waals surface area (Å²) in [6.45, 7) is 0.269. The first-order chi connectivity index (χ1) is 9.59. The molecule has 2 aromatic carbocycles. The molecular formula is C14H13BFNO3. The maximum absolute atomic E-state index is 13.9. The Hall–Kier alpha value is -2.18. The highest BCUT2D eigenvalue weighted by Crippen LogP contribution is 2.06. The van der Waals surface area contributed by atoms with Crippen molar-refractivity contribution < 1.29 is 19.2 Å². The second-order valence-corrected chi connectivity index (χ2v) is 4.25. The zero-order valence-corrected chi connectivity index (χ0v) is 10.6. The van der Waals surface area contributed by atoms with Crippen LogP contribution in [0.5, 0.6) is 0 Å². The van der Waals surface area contributed by atoms with Crippen molar-refractivity contribution in [3.63, 3.8) is 0 Å². The van der Waals surface area contributed by atoms with Crippen LogP contribution in [0.1, 0.15) is 15.9 Å². The summed E-state index contributed by atoms with van der Waals surface area (Å²) in [6.07, 6.45) is 0. The van der Waals surface area contributed by atoms with E-state index in [1.54, 1.807) is 0 Å². The van der Waals surface area contributed by atoms with Crippen LogP contribution in [0.4, 0.5) is 4.39 Å². The third-order valence-corrected chi connectivity index (χ3v) is 2.85. The molecule has 0 aliphatic rings. The van der Waals surface area contributed by atoms with Crippen LogP contribution in [0.25, 0.3) is 0 Å². The Balaban J connectivity index is 2.12. The van der Waals surface area contributed by atoms with Crippen LogP contribution in [0.2, 0.25) is 0 Å². The second kappa shape index (κ2) is 6.32. The molecule has 0 saturated heterocycles. The van der Waals surface area contributed by atoms with Crippen molar-refractivity contribution in [3.05, 3.63) is 65.5 Å². The van der Waals surface area contributed by atoms with E-state index in [4.69, 9.17) is 10.0 Å². The molecule has 4 nitrogen and oxygen atoms in total. The molecule has 0 unspecified atom stereocenters. The Bertz CT molecular complexity index is 605. The molecule has 102 valence electrons. The number of benzene rings is 2. The molecule has 0 heterocycles. The first-order valence-electron chi connectivity index (χ1n) is 6.06. The Labute approximate surface area is 116 Å². The summed E-state index contributed by atoms with van der Waals surface area (Å²) in [4.78, 5) is 11.9. The zero-order chi connectivity index (χ0) is 14.5. The lowest BCUT2D eigenvalue weighted by molar-refractivity contribution is 0.0947. The van der Waals surface area contributed by atoms with E-state index >= 15 is 0 Å². The molecule has 0 bridgehead atoms. The van der Waals surface area contributed by atoms with Gasteiger partial charge in [0, 0.05) is 12.0 Å². The summed E-state index contributed by atoms with van der Waals surface area (Å²) < 4.78 is 13.9. The number of carbonyl (C=O) groups excluding carboxylic acids is 1. The van der Waals surface area contributed by atoms with Crippen LogP contribution in [0.3, 0.4) is 0 Å². The first-order valence-corrected chi connectivity index (χ1v) is 6.06. The van der Waals surface area contributed by atoms with Gasteiger partial charge in [-0.3, -0.25) is 4.79 Å². The van der Waals surface area contributed by atoms with Crippen molar-refractivity contribution in [3.8, 4) is 0 Å². The number of rotatable bonds is 4.